The van der Waals surface area contributed by atoms with Crippen molar-refractivity contribution in [1.82, 2.24) is 0 Å². The molecule has 5 atom stereocenters. The largest absolute Gasteiger partial charge is 0.497 e. The van der Waals surface area contributed by atoms with Gasteiger partial charge in [-0.1, -0.05) is 133 Å². The molecule has 4 rings (SSSR count). The first-order valence-electron chi connectivity index (χ1n) is 14.9. The Morgan fingerprint density at radius 2 is 1.49 bits per heavy atom. The van der Waals surface area contributed by atoms with Gasteiger partial charge in [0.05, 0.1) is 20.3 Å². The van der Waals surface area contributed by atoms with Gasteiger partial charge in [0.15, 0.2) is 0 Å². The summed E-state index contributed by atoms with van der Waals surface area (Å²) in [5.41, 5.74) is 10.4. The Morgan fingerprint density at radius 3 is 1.96 bits per heavy atom. The van der Waals surface area contributed by atoms with Gasteiger partial charge in [0, 0.05) is 12.0 Å². The molecule has 0 aromatic heterocycles. The van der Waals surface area contributed by atoms with Gasteiger partial charge in [-0.2, -0.15) is 0 Å². The van der Waals surface area contributed by atoms with Crippen molar-refractivity contribution in [3.05, 3.63) is 101 Å². The van der Waals surface area contributed by atoms with Crippen LogP contribution in [0.5, 0.6) is 5.75 Å². The van der Waals surface area contributed by atoms with Crippen molar-refractivity contribution in [1.29, 1.82) is 5.41 Å². The summed E-state index contributed by atoms with van der Waals surface area (Å²) in [6.45, 7) is 6.67. The van der Waals surface area contributed by atoms with Crippen molar-refractivity contribution in [3.8, 4) is 5.75 Å². The number of methoxy groups -OCH3 is 2. The molecule has 0 aliphatic carbocycles. The normalized spacial score (nSPS) is 21.8. The van der Waals surface area contributed by atoms with Gasteiger partial charge in [-0.05, 0) is 38.6 Å². The number of alkyl halides is 3. The second-order valence-electron chi connectivity index (χ2n) is 12.0. The minimum Gasteiger partial charge on any atom is -0.497 e. The molecule has 0 amide bonds. The van der Waals surface area contributed by atoms with Crippen molar-refractivity contribution in [3.63, 3.8) is 0 Å². The molecular formula is C33H39Cl3N4O6Si. The SMILES string of the molecule is COc1ccc(CO[C@H]2[C@H](OC)[C@@H](CO[Si](c3ccccc3)(c3ccccc3)C(C)(C)C)OC(OC(=N)C(Cl)(Cl)Cl)[C@@H]2N=[N+]=[N-])cc1. The fourth-order valence-corrected chi connectivity index (χ4v) is 10.6. The molecule has 0 bridgehead atoms. The lowest BCUT2D eigenvalue weighted by atomic mass is 9.97. The van der Waals surface area contributed by atoms with Crippen LogP contribution in [0.1, 0.15) is 26.3 Å². The molecule has 1 saturated heterocycles. The van der Waals surface area contributed by atoms with E-state index < -0.39 is 48.7 Å². The van der Waals surface area contributed by atoms with Gasteiger partial charge in [0.1, 0.15) is 30.1 Å². The van der Waals surface area contributed by atoms with E-state index in [1.54, 1.807) is 7.11 Å². The lowest BCUT2D eigenvalue weighted by Crippen LogP contribution is -2.68. The number of nitrogens with zero attached hydrogens (tertiary/aromatic N) is 3. The van der Waals surface area contributed by atoms with E-state index in [9.17, 15) is 5.53 Å². The van der Waals surface area contributed by atoms with E-state index in [1.807, 2.05) is 60.7 Å². The van der Waals surface area contributed by atoms with Gasteiger partial charge in [0.2, 0.25) is 12.2 Å². The number of halogens is 3. The van der Waals surface area contributed by atoms with Crippen molar-refractivity contribution in [2.75, 3.05) is 20.8 Å². The lowest BCUT2D eigenvalue weighted by molar-refractivity contribution is -0.258. The number of hydrogen-bond donors (Lipinski definition) is 1. The molecule has 1 heterocycles. The van der Waals surface area contributed by atoms with Crippen LogP contribution in [0.4, 0.5) is 0 Å². The lowest BCUT2D eigenvalue weighted by Gasteiger charge is -2.47. The van der Waals surface area contributed by atoms with Crippen molar-refractivity contribution < 1.29 is 28.1 Å². The fourth-order valence-electron chi connectivity index (χ4n) is 5.85. The number of rotatable bonds is 12. The monoisotopic (exact) mass is 720 g/mol. The number of ether oxygens (including phenoxy) is 5. The zero-order valence-electron chi connectivity index (χ0n) is 26.8. The highest BCUT2D eigenvalue weighted by atomic mass is 35.6. The van der Waals surface area contributed by atoms with Crippen LogP contribution in [0.25, 0.3) is 10.4 Å². The van der Waals surface area contributed by atoms with E-state index in [4.69, 9.17) is 68.3 Å². The topological polar surface area (TPSA) is 128 Å². The van der Waals surface area contributed by atoms with Crippen LogP contribution >= 0.6 is 34.8 Å². The molecule has 0 radical (unpaired) electrons. The number of hydrogen-bond acceptors (Lipinski definition) is 8. The first-order valence-corrected chi connectivity index (χ1v) is 17.9. The van der Waals surface area contributed by atoms with Crippen LogP contribution in [0.3, 0.4) is 0 Å². The van der Waals surface area contributed by atoms with Crippen LogP contribution in [0.15, 0.2) is 90.0 Å². The summed E-state index contributed by atoms with van der Waals surface area (Å²) in [7, 11) is 0.0970. The molecule has 1 N–H and O–H groups in total. The highest BCUT2D eigenvalue weighted by molar-refractivity contribution is 6.99. The Bertz CT molecular complexity index is 1460. The van der Waals surface area contributed by atoms with Gasteiger partial charge in [-0.25, -0.2) is 0 Å². The third-order valence-corrected chi connectivity index (χ3v) is 13.6. The molecule has 1 aliphatic heterocycles. The summed E-state index contributed by atoms with van der Waals surface area (Å²) in [5.74, 6) is -0.0113. The van der Waals surface area contributed by atoms with E-state index in [1.165, 1.54) is 7.11 Å². The molecule has 1 unspecified atom stereocenters. The first kappa shape index (κ1) is 37.0. The summed E-state index contributed by atoms with van der Waals surface area (Å²) in [6, 6.07) is 26.6. The van der Waals surface area contributed by atoms with Crippen molar-refractivity contribution >= 4 is 59.4 Å². The first-order chi connectivity index (χ1) is 22.4. The molecule has 47 heavy (non-hydrogen) atoms. The fraction of sp³-hybridized carbons (Fsp3) is 0.424. The average Bonchev–Trinajstić information content (AvgIpc) is 3.05. The highest BCUT2D eigenvalue weighted by Gasteiger charge is 2.53. The predicted molar refractivity (Wildman–Crippen MR) is 187 cm³/mol. The average molecular weight is 722 g/mol. The van der Waals surface area contributed by atoms with E-state index in [0.29, 0.717) is 5.75 Å². The summed E-state index contributed by atoms with van der Waals surface area (Å²) in [5, 5.41) is 14.0. The minimum atomic E-state index is -3.01. The van der Waals surface area contributed by atoms with Gasteiger partial charge < -0.3 is 28.1 Å². The standard InChI is InChI=1S/C33H39Cl3N4O6Si/c1-32(2,3)47(24-12-8-6-9-13-24,25-14-10-7-11-15-25)44-21-26-28(42-5)29(43-20-22-16-18-23(41-4)19-17-22)27(39-40-38)30(45-26)46-31(37)33(34,35)36/h6-19,26-30,37H,20-21H2,1-5H3/t26-,27-,28-,29-,30?/m1/s1. The molecule has 252 valence electrons. The number of azide groups is 1. The van der Waals surface area contributed by atoms with Crippen LogP contribution in [-0.2, 0) is 30.0 Å². The molecule has 1 fully saturated rings. The van der Waals surface area contributed by atoms with Crippen LogP contribution in [-0.4, -0.2) is 69.5 Å². The molecule has 0 spiro atoms. The summed E-state index contributed by atoms with van der Waals surface area (Å²) in [6.07, 6.45) is -3.88. The zero-order valence-corrected chi connectivity index (χ0v) is 30.1. The summed E-state index contributed by atoms with van der Waals surface area (Å²) < 4.78 is 34.8. The number of nitrogens with one attached hydrogen (secondary N) is 1. The van der Waals surface area contributed by atoms with Crippen molar-refractivity contribution in [2.24, 2.45) is 5.11 Å². The maximum Gasteiger partial charge on any atom is 0.265 e. The van der Waals surface area contributed by atoms with E-state index in [2.05, 4.69) is 55.1 Å². The molecule has 3 aromatic carbocycles. The van der Waals surface area contributed by atoms with Gasteiger partial charge in [-0.3, -0.25) is 5.41 Å². The summed E-state index contributed by atoms with van der Waals surface area (Å²) >= 11 is 17.9. The Hall–Kier alpha value is -2.83. The van der Waals surface area contributed by atoms with E-state index >= 15 is 0 Å². The molecule has 10 nitrogen and oxygen atoms in total. The molecular weight excluding hydrogens is 683 g/mol. The third kappa shape index (κ3) is 8.61. The minimum absolute atomic E-state index is 0.0398. The molecule has 1 aliphatic rings. The van der Waals surface area contributed by atoms with Crippen molar-refractivity contribution in [2.45, 2.75) is 66.9 Å². The van der Waals surface area contributed by atoms with E-state index in [0.717, 1.165) is 15.9 Å². The maximum absolute atomic E-state index is 9.55. The Balaban J connectivity index is 1.75. The third-order valence-electron chi connectivity index (χ3n) is 8.05. The van der Waals surface area contributed by atoms with Gasteiger partial charge in [0.25, 0.3) is 12.1 Å². The van der Waals surface area contributed by atoms with Crippen LogP contribution in [0, 0.1) is 5.41 Å². The van der Waals surface area contributed by atoms with Gasteiger partial charge in [-0.15, -0.1) is 0 Å². The smallest absolute Gasteiger partial charge is 0.265 e. The number of benzene rings is 3. The second kappa shape index (κ2) is 16.0. The molecule has 3 aromatic rings. The Labute approximate surface area is 291 Å². The molecule has 0 saturated carbocycles. The predicted octanol–water partition coefficient (Wildman–Crippen LogP) is 6.94. The quantitative estimate of drug-likeness (QED) is 0.0411. The Kier molecular flexibility index (Phi) is 12.6. The van der Waals surface area contributed by atoms with Crippen LogP contribution in [0.2, 0.25) is 5.04 Å². The second-order valence-corrected chi connectivity index (χ2v) is 18.6. The Morgan fingerprint density at radius 1 is 0.915 bits per heavy atom. The van der Waals surface area contributed by atoms with E-state index in [-0.39, 0.29) is 18.3 Å². The van der Waals surface area contributed by atoms with Crippen LogP contribution < -0.4 is 15.1 Å². The maximum atomic E-state index is 9.55. The zero-order chi connectivity index (χ0) is 34.2. The highest BCUT2D eigenvalue weighted by Crippen LogP contribution is 2.39. The molecule has 14 heteroatoms. The van der Waals surface area contributed by atoms with Gasteiger partial charge >= 0.3 is 0 Å². The summed E-state index contributed by atoms with van der Waals surface area (Å²) in [4.78, 5) is 3.02.